The number of ether oxygens (including phenoxy) is 1. The highest BCUT2D eigenvalue weighted by molar-refractivity contribution is 6.30. The summed E-state index contributed by atoms with van der Waals surface area (Å²) in [7, 11) is 1.81. The molecule has 0 aromatic heterocycles. The Kier molecular flexibility index (Phi) is 6.93. The third-order valence-corrected chi connectivity index (χ3v) is 5.64. The van der Waals surface area contributed by atoms with Crippen molar-refractivity contribution in [3.63, 3.8) is 0 Å². The van der Waals surface area contributed by atoms with E-state index in [9.17, 15) is 4.79 Å². The zero-order valence-electron chi connectivity index (χ0n) is 17.8. The Bertz CT molecular complexity index is 739. The molecule has 6 nitrogen and oxygen atoms in total. The molecule has 0 saturated heterocycles. The van der Waals surface area contributed by atoms with Gasteiger partial charge in [0, 0.05) is 36.1 Å². The van der Waals surface area contributed by atoms with Crippen molar-refractivity contribution in [3.05, 3.63) is 34.9 Å². The van der Waals surface area contributed by atoms with E-state index in [0.29, 0.717) is 18.0 Å². The van der Waals surface area contributed by atoms with Crippen LogP contribution in [0, 0.1) is 0 Å². The average molecular weight is 421 g/mol. The van der Waals surface area contributed by atoms with Gasteiger partial charge in [0.25, 0.3) is 0 Å². The van der Waals surface area contributed by atoms with Crippen molar-refractivity contribution in [2.24, 2.45) is 4.99 Å². The van der Waals surface area contributed by atoms with Gasteiger partial charge >= 0.3 is 6.09 Å². The molecule has 2 unspecified atom stereocenters. The van der Waals surface area contributed by atoms with Crippen LogP contribution in [0.1, 0.15) is 64.4 Å². The Balaban J connectivity index is 1.40. The molecule has 2 aliphatic carbocycles. The second-order valence-corrected chi connectivity index (χ2v) is 9.50. The van der Waals surface area contributed by atoms with Crippen LogP contribution in [0.4, 0.5) is 4.79 Å². The van der Waals surface area contributed by atoms with Gasteiger partial charge in [0.15, 0.2) is 5.96 Å². The molecule has 0 aliphatic heterocycles. The molecule has 0 radical (unpaired) electrons. The van der Waals surface area contributed by atoms with Gasteiger partial charge in [-0.3, -0.25) is 4.99 Å². The van der Waals surface area contributed by atoms with Crippen molar-refractivity contribution >= 4 is 23.7 Å². The highest BCUT2D eigenvalue weighted by atomic mass is 35.5. The maximum absolute atomic E-state index is 11.9. The number of alkyl carbamates (subject to hydrolysis) is 1. The number of halogens is 1. The SMILES string of the molecule is CN=C(NC1CCC(NC(=O)OC(C)(C)C)CC1)NC1CC1c1cccc(Cl)c1. The fourth-order valence-corrected chi connectivity index (χ4v) is 4.05. The number of carbonyl (C=O) groups is 1. The van der Waals surface area contributed by atoms with Crippen LogP contribution < -0.4 is 16.0 Å². The first-order valence-electron chi connectivity index (χ1n) is 10.5. The second-order valence-electron chi connectivity index (χ2n) is 9.06. The fraction of sp³-hybridized carbons (Fsp3) is 0.636. The first kappa shape index (κ1) is 21.8. The highest BCUT2D eigenvalue weighted by Gasteiger charge is 2.39. The lowest BCUT2D eigenvalue weighted by Crippen LogP contribution is -2.48. The molecule has 2 fully saturated rings. The van der Waals surface area contributed by atoms with Crippen LogP contribution in [0.2, 0.25) is 5.02 Å². The van der Waals surface area contributed by atoms with Crippen LogP contribution in [0.3, 0.4) is 0 Å². The number of carbonyl (C=O) groups excluding carboxylic acids is 1. The van der Waals surface area contributed by atoms with Crippen molar-refractivity contribution in [1.82, 2.24) is 16.0 Å². The predicted octanol–water partition coefficient (Wildman–Crippen LogP) is 4.20. The predicted molar refractivity (Wildman–Crippen MR) is 118 cm³/mol. The van der Waals surface area contributed by atoms with Crippen molar-refractivity contribution in [2.75, 3.05) is 7.05 Å². The summed E-state index contributed by atoms with van der Waals surface area (Å²) in [5.74, 6) is 1.34. The van der Waals surface area contributed by atoms with Gasteiger partial charge in [-0.05, 0) is 70.6 Å². The van der Waals surface area contributed by atoms with Crippen LogP contribution in [0.25, 0.3) is 0 Å². The number of amides is 1. The molecule has 3 N–H and O–H groups in total. The molecule has 2 aliphatic rings. The van der Waals surface area contributed by atoms with E-state index in [-0.39, 0.29) is 12.1 Å². The Hall–Kier alpha value is -1.95. The molecule has 1 aromatic rings. The van der Waals surface area contributed by atoms with Crippen LogP contribution in [0.5, 0.6) is 0 Å². The van der Waals surface area contributed by atoms with E-state index in [1.54, 1.807) is 0 Å². The number of aliphatic imine (C=N–C) groups is 1. The van der Waals surface area contributed by atoms with Gasteiger partial charge in [-0.15, -0.1) is 0 Å². The zero-order chi connectivity index (χ0) is 21.0. The van der Waals surface area contributed by atoms with E-state index < -0.39 is 5.60 Å². The second kappa shape index (κ2) is 9.24. The summed E-state index contributed by atoms with van der Waals surface area (Å²) in [6.07, 6.45) is 4.61. The minimum atomic E-state index is -0.466. The van der Waals surface area contributed by atoms with E-state index in [4.69, 9.17) is 16.3 Å². The minimum absolute atomic E-state index is 0.175. The summed E-state index contributed by atoms with van der Waals surface area (Å²) in [6.45, 7) is 5.63. The van der Waals surface area contributed by atoms with Gasteiger partial charge in [-0.2, -0.15) is 0 Å². The van der Waals surface area contributed by atoms with E-state index in [2.05, 4.69) is 27.0 Å². The summed E-state index contributed by atoms with van der Waals surface area (Å²) < 4.78 is 5.35. The number of hydrogen-bond acceptors (Lipinski definition) is 3. The molecule has 2 saturated carbocycles. The fourth-order valence-electron chi connectivity index (χ4n) is 3.86. The summed E-state index contributed by atoms with van der Waals surface area (Å²) in [4.78, 5) is 16.3. The average Bonchev–Trinajstić information content (AvgIpc) is 3.40. The monoisotopic (exact) mass is 420 g/mol. The van der Waals surface area contributed by atoms with Crippen molar-refractivity contribution in [1.29, 1.82) is 0 Å². The molecule has 0 spiro atoms. The lowest BCUT2D eigenvalue weighted by molar-refractivity contribution is 0.0490. The summed E-state index contributed by atoms with van der Waals surface area (Å²) in [6, 6.07) is 9.02. The largest absolute Gasteiger partial charge is 0.444 e. The molecular formula is C22H33ClN4O2. The van der Waals surface area contributed by atoms with Crippen LogP contribution >= 0.6 is 11.6 Å². The number of benzene rings is 1. The first-order valence-corrected chi connectivity index (χ1v) is 10.9. The molecule has 3 rings (SSSR count). The standard InChI is InChI=1S/C22H33ClN4O2/c1-22(2,3)29-21(28)26-17-10-8-16(9-11-17)25-20(24-4)27-19-13-18(19)14-6-5-7-15(23)12-14/h5-7,12,16-19H,8-11,13H2,1-4H3,(H,26,28)(H2,24,25,27). The molecule has 29 heavy (non-hydrogen) atoms. The lowest BCUT2D eigenvalue weighted by atomic mass is 9.91. The number of nitrogens with one attached hydrogen (secondary N) is 3. The number of hydrogen-bond donors (Lipinski definition) is 3. The Morgan fingerprint density at radius 3 is 2.34 bits per heavy atom. The first-order chi connectivity index (χ1) is 13.7. The summed E-state index contributed by atoms with van der Waals surface area (Å²) >= 11 is 6.11. The van der Waals surface area contributed by atoms with Crippen LogP contribution in [-0.2, 0) is 4.74 Å². The Morgan fingerprint density at radius 1 is 1.10 bits per heavy atom. The topological polar surface area (TPSA) is 74.8 Å². The zero-order valence-corrected chi connectivity index (χ0v) is 18.6. The molecule has 0 heterocycles. The Labute approximate surface area is 178 Å². The third kappa shape index (κ3) is 6.81. The smallest absolute Gasteiger partial charge is 0.407 e. The molecular weight excluding hydrogens is 388 g/mol. The van der Waals surface area contributed by atoms with Gasteiger partial charge in [-0.1, -0.05) is 23.7 Å². The quantitative estimate of drug-likeness (QED) is 0.504. The summed E-state index contributed by atoms with van der Waals surface area (Å²) in [5.41, 5.74) is 0.811. The van der Waals surface area contributed by atoms with Crippen LogP contribution in [-0.4, -0.2) is 42.8 Å². The lowest BCUT2D eigenvalue weighted by Gasteiger charge is -2.31. The van der Waals surface area contributed by atoms with Crippen molar-refractivity contribution < 1.29 is 9.53 Å². The van der Waals surface area contributed by atoms with Crippen molar-refractivity contribution in [2.45, 2.75) is 82.5 Å². The van der Waals surface area contributed by atoms with Gasteiger partial charge in [0.05, 0.1) is 0 Å². The van der Waals surface area contributed by atoms with Crippen molar-refractivity contribution in [3.8, 4) is 0 Å². The molecule has 2 atom stereocenters. The van der Waals surface area contributed by atoms with Gasteiger partial charge in [0.1, 0.15) is 5.60 Å². The molecule has 160 valence electrons. The van der Waals surface area contributed by atoms with Crippen LogP contribution in [0.15, 0.2) is 29.3 Å². The molecule has 0 bridgehead atoms. The number of guanidine groups is 1. The number of rotatable bonds is 4. The maximum atomic E-state index is 11.9. The van der Waals surface area contributed by atoms with E-state index in [0.717, 1.165) is 43.1 Å². The maximum Gasteiger partial charge on any atom is 0.407 e. The Morgan fingerprint density at radius 2 is 1.76 bits per heavy atom. The summed E-state index contributed by atoms with van der Waals surface area (Å²) in [5, 5.41) is 10.8. The van der Waals surface area contributed by atoms with Gasteiger partial charge in [-0.25, -0.2) is 4.79 Å². The number of nitrogens with zero attached hydrogens (tertiary/aromatic N) is 1. The van der Waals surface area contributed by atoms with E-state index in [1.807, 2.05) is 46.0 Å². The van der Waals surface area contributed by atoms with E-state index >= 15 is 0 Å². The van der Waals surface area contributed by atoms with E-state index in [1.165, 1.54) is 5.56 Å². The molecule has 7 heteroatoms. The van der Waals surface area contributed by atoms with Gasteiger partial charge in [0.2, 0.25) is 0 Å². The molecule has 1 amide bonds. The molecule has 1 aromatic carbocycles. The highest BCUT2D eigenvalue weighted by Crippen LogP contribution is 2.41. The van der Waals surface area contributed by atoms with Gasteiger partial charge < -0.3 is 20.7 Å². The third-order valence-electron chi connectivity index (χ3n) is 5.40. The normalized spacial score (nSPS) is 27.1. The minimum Gasteiger partial charge on any atom is -0.444 e.